The van der Waals surface area contributed by atoms with E-state index in [-0.39, 0.29) is 40.9 Å². The summed E-state index contributed by atoms with van der Waals surface area (Å²) in [7, 11) is -4.02. The number of sulfonamides is 1. The predicted molar refractivity (Wildman–Crippen MR) is 163 cm³/mol. The van der Waals surface area contributed by atoms with Crippen molar-refractivity contribution in [1.82, 2.24) is 9.29 Å². The van der Waals surface area contributed by atoms with Gasteiger partial charge in [-0.25, -0.2) is 18.2 Å². The van der Waals surface area contributed by atoms with Crippen molar-refractivity contribution in [1.29, 1.82) is 0 Å². The number of anilines is 2. The van der Waals surface area contributed by atoms with Gasteiger partial charge in [0.1, 0.15) is 15.6 Å². The first kappa shape index (κ1) is 28.5. The molecular formula is C31H34N4O6S2. The Bertz CT molecular complexity index is 1620. The monoisotopic (exact) mass is 622 g/mol. The second-order valence-corrected chi connectivity index (χ2v) is 14.9. The van der Waals surface area contributed by atoms with Crippen LogP contribution >= 0.6 is 11.3 Å². The third-order valence-corrected chi connectivity index (χ3v) is 12.2. The molecule has 1 saturated carbocycles. The minimum absolute atomic E-state index is 0.0497. The largest absolute Gasteiger partial charge is 0.477 e. The fourth-order valence-electron chi connectivity index (χ4n) is 7.12. The van der Waals surface area contributed by atoms with Crippen LogP contribution in [0.3, 0.4) is 0 Å². The number of hydrogen-bond donors (Lipinski definition) is 1. The van der Waals surface area contributed by atoms with Crippen LogP contribution in [0.15, 0.2) is 59.6 Å². The summed E-state index contributed by atoms with van der Waals surface area (Å²) in [4.78, 5) is 35.5. The summed E-state index contributed by atoms with van der Waals surface area (Å²) in [5.41, 5.74) is 1.22. The first-order valence-electron chi connectivity index (χ1n) is 14.9. The fraction of sp³-hybridized carbons (Fsp3) is 0.452. The topological polar surface area (TPSA) is 120 Å². The lowest BCUT2D eigenvalue weighted by Crippen LogP contribution is -2.60. The number of hydrogen-bond acceptors (Lipinski definition) is 8. The van der Waals surface area contributed by atoms with Crippen molar-refractivity contribution >= 4 is 44.7 Å². The number of aromatic carboxylic acids is 1. The molecule has 4 aliphatic rings. The molecule has 5 heterocycles. The van der Waals surface area contributed by atoms with Gasteiger partial charge in [0, 0.05) is 24.2 Å². The summed E-state index contributed by atoms with van der Waals surface area (Å²) in [6.07, 6.45) is 7.35. The lowest BCUT2D eigenvalue weighted by Gasteiger charge is -2.44. The zero-order valence-electron chi connectivity index (χ0n) is 23.7. The lowest BCUT2D eigenvalue weighted by molar-refractivity contribution is -0.121. The van der Waals surface area contributed by atoms with Gasteiger partial charge in [0.05, 0.1) is 37.0 Å². The fourth-order valence-corrected chi connectivity index (χ4v) is 9.47. The third kappa shape index (κ3) is 5.24. The van der Waals surface area contributed by atoms with Crippen molar-refractivity contribution in [2.24, 2.45) is 5.92 Å². The summed E-state index contributed by atoms with van der Waals surface area (Å²) < 4.78 is 34.8. The Morgan fingerprint density at radius 2 is 1.84 bits per heavy atom. The molecule has 10 nitrogen and oxygen atoms in total. The van der Waals surface area contributed by atoms with Crippen molar-refractivity contribution in [3.05, 3.63) is 59.6 Å². The first-order valence-corrected chi connectivity index (χ1v) is 17.1. The molecule has 7 rings (SSSR count). The number of fused-ring (bicyclic) bond motifs is 2. The van der Waals surface area contributed by atoms with Gasteiger partial charge in [0.2, 0.25) is 15.9 Å². The molecule has 226 valence electrons. The third-order valence-electron chi connectivity index (χ3n) is 9.27. The Labute approximate surface area is 254 Å². The number of carbonyl (C=O) groups is 2. The van der Waals surface area contributed by atoms with E-state index in [0.717, 1.165) is 72.7 Å². The van der Waals surface area contributed by atoms with E-state index in [1.54, 1.807) is 23.1 Å². The summed E-state index contributed by atoms with van der Waals surface area (Å²) in [5, 5.41) is 10.2. The SMILES string of the molecule is O=C(O)c1sc(-c2ccccc2)cc1N1C(=O)CN(S(=O)(=O)c2ccc(N3C[C@H]4CC3CO4)nc2)CC1C1CCCCC1. The lowest BCUT2D eigenvalue weighted by atomic mass is 9.82. The van der Waals surface area contributed by atoms with Crippen molar-refractivity contribution in [2.75, 3.05) is 36.0 Å². The van der Waals surface area contributed by atoms with E-state index < -0.39 is 27.9 Å². The average Bonchev–Trinajstić information content (AvgIpc) is 3.78. The van der Waals surface area contributed by atoms with Gasteiger partial charge in [-0.1, -0.05) is 49.6 Å². The molecule has 1 amide bonds. The zero-order chi connectivity index (χ0) is 29.7. The van der Waals surface area contributed by atoms with E-state index in [4.69, 9.17) is 4.74 Å². The van der Waals surface area contributed by atoms with Crippen LogP contribution in [0.5, 0.6) is 0 Å². The molecule has 4 fully saturated rings. The Balaban J connectivity index is 1.20. The number of carbonyl (C=O) groups excluding carboxylic acids is 1. The van der Waals surface area contributed by atoms with Crippen LogP contribution in [0, 0.1) is 5.92 Å². The van der Waals surface area contributed by atoms with Crippen molar-refractivity contribution in [3.8, 4) is 10.4 Å². The quantitative estimate of drug-likeness (QED) is 0.410. The second-order valence-electron chi connectivity index (χ2n) is 11.9. The number of amides is 1. The van der Waals surface area contributed by atoms with Gasteiger partial charge in [-0.2, -0.15) is 4.31 Å². The molecule has 3 atom stereocenters. The summed E-state index contributed by atoms with van der Waals surface area (Å²) in [5.74, 6) is -0.728. The van der Waals surface area contributed by atoms with Gasteiger partial charge in [-0.15, -0.1) is 11.3 Å². The number of carboxylic acid groups (broad SMARTS) is 1. The minimum atomic E-state index is -4.02. The van der Waals surface area contributed by atoms with Gasteiger partial charge in [-0.05, 0) is 48.9 Å². The number of thiophene rings is 1. The van der Waals surface area contributed by atoms with E-state index in [1.165, 1.54) is 10.5 Å². The van der Waals surface area contributed by atoms with Crippen LogP contribution in [-0.2, 0) is 19.6 Å². The van der Waals surface area contributed by atoms with Crippen LogP contribution in [0.2, 0.25) is 0 Å². The molecule has 3 aromatic rings. The normalized spacial score (nSPS) is 25.0. The number of rotatable bonds is 7. The zero-order valence-corrected chi connectivity index (χ0v) is 25.3. The first-order chi connectivity index (χ1) is 20.8. The summed E-state index contributed by atoms with van der Waals surface area (Å²) in [6, 6.07) is 14.4. The van der Waals surface area contributed by atoms with E-state index >= 15 is 0 Å². The Morgan fingerprint density at radius 1 is 1.05 bits per heavy atom. The van der Waals surface area contributed by atoms with Crippen LogP contribution < -0.4 is 9.80 Å². The molecule has 1 N–H and O–H groups in total. The van der Waals surface area contributed by atoms with E-state index in [9.17, 15) is 23.1 Å². The molecule has 1 aliphatic carbocycles. The number of morpholine rings is 1. The highest BCUT2D eigenvalue weighted by Gasteiger charge is 2.45. The minimum Gasteiger partial charge on any atom is -0.477 e. The molecule has 12 heteroatoms. The standard InChI is InChI=1S/C31H34N4O6S2/c36-29-18-33(43(39,40)24-11-12-28(32-15-24)34-16-23-13-22(34)19-41-23)17-26(20-7-3-1-4-8-20)35(29)25-14-27(42-30(25)31(37)38)21-9-5-2-6-10-21/h2,5-6,9-12,14-15,20,22-23,26H,1,3-4,7-8,13,16-19H2,(H,37,38)/t22?,23-,26?/m1/s1. The number of nitrogens with zero attached hydrogens (tertiary/aromatic N) is 4. The maximum atomic E-state index is 14.0. The molecule has 3 aliphatic heterocycles. The van der Waals surface area contributed by atoms with Gasteiger partial charge >= 0.3 is 5.97 Å². The van der Waals surface area contributed by atoms with Crippen LogP contribution in [0.1, 0.15) is 48.2 Å². The molecule has 1 aromatic carbocycles. The predicted octanol–water partition coefficient (Wildman–Crippen LogP) is 4.47. The number of aromatic nitrogens is 1. The molecule has 3 saturated heterocycles. The Morgan fingerprint density at radius 3 is 2.49 bits per heavy atom. The van der Waals surface area contributed by atoms with E-state index in [0.29, 0.717) is 12.3 Å². The van der Waals surface area contributed by atoms with Gasteiger partial charge in [0.15, 0.2) is 0 Å². The maximum absolute atomic E-state index is 14.0. The highest BCUT2D eigenvalue weighted by Crippen LogP contribution is 2.42. The van der Waals surface area contributed by atoms with Gasteiger partial charge in [0.25, 0.3) is 0 Å². The van der Waals surface area contributed by atoms with Crippen molar-refractivity contribution in [3.63, 3.8) is 0 Å². The molecule has 2 aromatic heterocycles. The summed E-state index contributed by atoms with van der Waals surface area (Å²) >= 11 is 1.14. The highest BCUT2D eigenvalue weighted by molar-refractivity contribution is 7.89. The van der Waals surface area contributed by atoms with Crippen molar-refractivity contribution < 1.29 is 27.9 Å². The number of ether oxygens (including phenoxy) is 1. The molecule has 2 unspecified atom stereocenters. The highest BCUT2D eigenvalue weighted by atomic mass is 32.2. The number of benzene rings is 1. The maximum Gasteiger partial charge on any atom is 0.348 e. The number of pyridine rings is 1. The second kappa shape index (κ2) is 11.3. The number of carboxylic acids is 1. The van der Waals surface area contributed by atoms with E-state index in [1.807, 2.05) is 30.3 Å². The van der Waals surface area contributed by atoms with Crippen LogP contribution in [-0.4, -0.2) is 79.1 Å². The Hall–Kier alpha value is -3.32. The summed E-state index contributed by atoms with van der Waals surface area (Å²) in [6.45, 7) is 1.14. The molecule has 0 spiro atoms. The van der Waals surface area contributed by atoms with Crippen molar-refractivity contribution in [2.45, 2.75) is 61.6 Å². The molecular weight excluding hydrogens is 588 g/mol. The van der Waals surface area contributed by atoms with Gasteiger partial charge < -0.3 is 19.6 Å². The average molecular weight is 623 g/mol. The smallest absolute Gasteiger partial charge is 0.348 e. The number of piperazine rings is 1. The van der Waals surface area contributed by atoms with E-state index in [2.05, 4.69) is 9.88 Å². The molecule has 2 bridgehead atoms. The van der Waals surface area contributed by atoms with Crippen LogP contribution in [0.4, 0.5) is 11.5 Å². The Kier molecular flexibility index (Phi) is 7.48. The van der Waals surface area contributed by atoms with Crippen LogP contribution in [0.25, 0.3) is 10.4 Å². The molecule has 43 heavy (non-hydrogen) atoms. The molecule has 0 radical (unpaired) electrons. The van der Waals surface area contributed by atoms with Gasteiger partial charge in [-0.3, -0.25) is 4.79 Å².